The molecular formula is C21H19BrN2O4. The summed E-state index contributed by atoms with van der Waals surface area (Å²) in [5.74, 6) is -1.78. The molecule has 0 radical (unpaired) electrons. The van der Waals surface area contributed by atoms with Crippen LogP contribution in [0.3, 0.4) is 0 Å². The Labute approximate surface area is 171 Å². The molecule has 0 fully saturated rings. The van der Waals surface area contributed by atoms with Gasteiger partial charge in [-0.3, -0.25) is 24.1 Å². The molecule has 28 heavy (non-hydrogen) atoms. The van der Waals surface area contributed by atoms with E-state index in [-0.39, 0.29) is 5.78 Å². The van der Waals surface area contributed by atoms with Crippen LogP contribution in [0.15, 0.2) is 40.9 Å². The molecule has 1 aliphatic heterocycles. The summed E-state index contributed by atoms with van der Waals surface area (Å²) in [5.41, 5.74) is 2.57. The van der Waals surface area contributed by atoms with Gasteiger partial charge in [-0.1, -0.05) is 22.9 Å². The molecule has 0 aromatic heterocycles. The quantitative estimate of drug-likeness (QED) is 0.561. The number of fused-ring (bicyclic) bond motifs is 1. The average Bonchev–Trinajstić information content (AvgIpc) is 2.88. The zero-order valence-electron chi connectivity index (χ0n) is 15.7. The Morgan fingerprint density at radius 3 is 2.36 bits per heavy atom. The first kappa shape index (κ1) is 19.9. The van der Waals surface area contributed by atoms with Gasteiger partial charge >= 0.3 is 0 Å². The van der Waals surface area contributed by atoms with Gasteiger partial charge in [-0.05, 0) is 62.2 Å². The number of Topliss-reactive ketones (excluding diaryl/α,β-unsaturated/α-hetero) is 2. The topological polar surface area (TPSA) is 83.6 Å². The van der Waals surface area contributed by atoms with E-state index < -0.39 is 23.6 Å². The predicted molar refractivity (Wildman–Crippen MR) is 110 cm³/mol. The van der Waals surface area contributed by atoms with Crippen molar-refractivity contribution in [2.45, 2.75) is 33.2 Å². The Morgan fingerprint density at radius 1 is 1.14 bits per heavy atom. The number of anilines is 2. The van der Waals surface area contributed by atoms with Crippen LogP contribution in [-0.4, -0.2) is 29.4 Å². The minimum absolute atomic E-state index is 0.0660. The van der Waals surface area contributed by atoms with Crippen molar-refractivity contribution in [1.82, 2.24) is 0 Å². The van der Waals surface area contributed by atoms with E-state index in [2.05, 4.69) is 21.2 Å². The first-order valence-corrected chi connectivity index (χ1v) is 9.63. The van der Waals surface area contributed by atoms with Crippen LogP contribution in [0, 0.1) is 6.92 Å². The molecule has 1 heterocycles. The van der Waals surface area contributed by atoms with Gasteiger partial charge in [-0.25, -0.2) is 0 Å². The lowest BCUT2D eigenvalue weighted by Crippen LogP contribution is -2.46. The fraction of sp³-hybridized carbons (Fsp3) is 0.238. The predicted octanol–water partition coefficient (Wildman–Crippen LogP) is 3.91. The highest BCUT2D eigenvalue weighted by Gasteiger charge is 2.42. The summed E-state index contributed by atoms with van der Waals surface area (Å²) in [5, 5.41) is 2.77. The average molecular weight is 443 g/mol. The molecule has 3 rings (SSSR count). The molecule has 1 unspecified atom stereocenters. The van der Waals surface area contributed by atoms with Crippen molar-refractivity contribution in [3.05, 3.63) is 57.6 Å². The summed E-state index contributed by atoms with van der Waals surface area (Å²) in [6, 6.07) is 9.10. The second-order valence-electron chi connectivity index (χ2n) is 6.67. The first-order chi connectivity index (χ1) is 13.2. The molecule has 0 saturated carbocycles. The molecule has 144 valence electrons. The Kier molecular flexibility index (Phi) is 5.47. The van der Waals surface area contributed by atoms with Crippen molar-refractivity contribution >= 4 is 50.7 Å². The maximum Gasteiger partial charge on any atom is 0.300 e. The third kappa shape index (κ3) is 3.49. The molecule has 0 aliphatic carbocycles. The van der Waals surface area contributed by atoms with Crippen LogP contribution in [0.4, 0.5) is 11.4 Å². The highest BCUT2D eigenvalue weighted by molar-refractivity contribution is 9.10. The second-order valence-corrected chi connectivity index (χ2v) is 7.59. The number of benzene rings is 2. The normalized spacial score (nSPS) is 14.1. The summed E-state index contributed by atoms with van der Waals surface area (Å²) in [6.07, 6.45) is 0.339. The molecule has 2 aromatic carbocycles. The molecular weight excluding hydrogens is 424 g/mol. The minimum Gasteiger partial charge on any atom is -0.324 e. The zero-order chi connectivity index (χ0) is 20.6. The van der Waals surface area contributed by atoms with Crippen molar-refractivity contribution in [2.75, 3.05) is 10.2 Å². The number of ketones is 2. The molecule has 1 N–H and O–H groups in total. The van der Waals surface area contributed by atoms with Crippen LogP contribution in [0.5, 0.6) is 0 Å². The number of hydrogen-bond acceptors (Lipinski definition) is 4. The lowest BCUT2D eigenvalue weighted by molar-refractivity contribution is -0.121. The van der Waals surface area contributed by atoms with Crippen molar-refractivity contribution in [2.24, 2.45) is 0 Å². The van der Waals surface area contributed by atoms with E-state index in [0.29, 0.717) is 33.4 Å². The summed E-state index contributed by atoms with van der Waals surface area (Å²) in [4.78, 5) is 50.7. The molecule has 2 amide bonds. The third-order valence-electron chi connectivity index (χ3n) is 4.72. The zero-order valence-corrected chi connectivity index (χ0v) is 17.3. The lowest BCUT2D eigenvalue weighted by atomic mass is 10.1. The van der Waals surface area contributed by atoms with Gasteiger partial charge < -0.3 is 5.32 Å². The van der Waals surface area contributed by atoms with E-state index in [1.54, 1.807) is 44.2 Å². The van der Waals surface area contributed by atoms with Crippen molar-refractivity contribution in [3.63, 3.8) is 0 Å². The van der Waals surface area contributed by atoms with E-state index >= 15 is 0 Å². The summed E-state index contributed by atoms with van der Waals surface area (Å²) in [6.45, 7) is 5.05. The number of carbonyl (C=O) groups is 4. The minimum atomic E-state index is -0.829. The number of nitrogens with one attached hydrogen (secondary N) is 1. The number of amides is 2. The van der Waals surface area contributed by atoms with Crippen LogP contribution >= 0.6 is 15.9 Å². The molecule has 7 heteroatoms. The van der Waals surface area contributed by atoms with E-state index in [4.69, 9.17) is 0 Å². The van der Waals surface area contributed by atoms with Crippen LogP contribution in [-0.2, 0) is 9.59 Å². The third-order valence-corrected chi connectivity index (χ3v) is 5.18. The van der Waals surface area contributed by atoms with Crippen molar-refractivity contribution < 1.29 is 19.2 Å². The Balaban J connectivity index is 1.91. The van der Waals surface area contributed by atoms with Gasteiger partial charge in [0.05, 0.1) is 11.3 Å². The maximum absolute atomic E-state index is 12.9. The van der Waals surface area contributed by atoms with E-state index in [1.165, 1.54) is 11.8 Å². The Bertz CT molecular complexity index is 998. The fourth-order valence-corrected chi connectivity index (χ4v) is 3.92. The number of hydrogen-bond donors (Lipinski definition) is 1. The van der Waals surface area contributed by atoms with E-state index in [1.807, 2.05) is 6.07 Å². The summed E-state index contributed by atoms with van der Waals surface area (Å²) >= 11 is 3.34. The molecule has 1 atom stereocenters. The number of halogens is 1. The first-order valence-electron chi connectivity index (χ1n) is 8.84. The number of carbonyl (C=O) groups excluding carboxylic acids is 4. The van der Waals surface area contributed by atoms with Crippen LogP contribution in [0.25, 0.3) is 0 Å². The number of nitrogens with zero attached hydrogens (tertiary/aromatic N) is 1. The van der Waals surface area contributed by atoms with E-state index in [0.717, 1.165) is 5.56 Å². The summed E-state index contributed by atoms with van der Waals surface area (Å²) < 4.78 is 0.704. The monoisotopic (exact) mass is 442 g/mol. The Hall–Kier alpha value is -2.80. The van der Waals surface area contributed by atoms with Gasteiger partial charge in [0.15, 0.2) is 5.78 Å². The maximum atomic E-state index is 12.9. The van der Waals surface area contributed by atoms with Crippen molar-refractivity contribution in [1.29, 1.82) is 0 Å². The number of aryl methyl sites for hydroxylation is 1. The van der Waals surface area contributed by atoms with Crippen LogP contribution in [0.2, 0.25) is 0 Å². The van der Waals surface area contributed by atoms with Gasteiger partial charge in [-0.2, -0.15) is 0 Å². The molecule has 2 aromatic rings. The fourth-order valence-electron chi connectivity index (χ4n) is 3.35. The van der Waals surface area contributed by atoms with Crippen LogP contribution < -0.4 is 10.2 Å². The largest absolute Gasteiger partial charge is 0.324 e. The molecule has 0 spiro atoms. The highest BCUT2D eigenvalue weighted by Crippen LogP contribution is 2.37. The number of rotatable bonds is 5. The van der Waals surface area contributed by atoms with Crippen LogP contribution in [0.1, 0.15) is 46.5 Å². The molecule has 0 bridgehead atoms. The Morgan fingerprint density at radius 2 is 1.79 bits per heavy atom. The smallest absolute Gasteiger partial charge is 0.300 e. The van der Waals surface area contributed by atoms with Crippen molar-refractivity contribution in [3.8, 4) is 0 Å². The van der Waals surface area contributed by atoms with E-state index in [9.17, 15) is 19.2 Å². The van der Waals surface area contributed by atoms with Gasteiger partial charge in [0, 0.05) is 15.7 Å². The van der Waals surface area contributed by atoms with Gasteiger partial charge in [0.2, 0.25) is 5.91 Å². The SMILES string of the molecule is CCC(C(=O)Nc1ccc(C(C)=O)cc1)N1C(=O)C(=O)c2cc(Br)cc(C)c21. The standard InChI is InChI=1S/C21H19BrN2O4/c1-4-17(20(27)23-15-7-5-13(6-8-15)12(3)25)24-18-11(2)9-14(22)10-16(18)19(26)21(24)28/h5-10,17H,4H2,1-3H3,(H,23,27). The van der Waals surface area contributed by atoms with Gasteiger partial charge in [0.25, 0.3) is 11.7 Å². The molecule has 6 nitrogen and oxygen atoms in total. The molecule has 1 aliphatic rings. The molecule has 0 saturated heterocycles. The van der Waals surface area contributed by atoms with Gasteiger partial charge in [0.1, 0.15) is 6.04 Å². The second kappa shape index (κ2) is 7.67. The highest BCUT2D eigenvalue weighted by atomic mass is 79.9. The summed E-state index contributed by atoms with van der Waals surface area (Å²) in [7, 11) is 0. The lowest BCUT2D eigenvalue weighted by Gasteiger charge is -2.27. The van der Waals surface area contributed by atoms with Gasteiger partial charge in [-0.15, -0.1) is 0 Å².